The second-order valence-electron chi connectivity index (χ2n) is 3.44. The molecule has 0 radical (unpaired) electrons. The van der Waals surface area contributed by atoms with Gasteiger partial charge in [-0.2, -0.15) is 0 Å². The van der Waals surface area contributed by atoms with Gasteiger partial charge in [0.1, 0.15) is 0 Å². The SMILES string of the molecule is CC1(C)COCC[C@@H]1N.Cl. The van der Waals surface area contributed by atoms with Crippen molar-refractivity contribution in [3.05, 3.63) is 0 Å². The molecule has 2 N–H and O–H groups in total. The van der Waals surface area contributed by atoms with Gasteiger partial charge in [-0.25, -0.2) is 0 Å². The molecule has 1 fully saturated rings. The summed E-state index contributed by atoms with van der Waals surface area (Å²) in [5.41, 5.74) is 6.03. The molecule has 0 aromatic heterocycles. The van der Waals surface area contributed by atoms with E-state index in [-0.39, 0.29) is 17.8 Å². The van der Waals surface area contributed by atoms with Crippen molar-refractivity contribution in [2.45, 2.75) is 26.3 Å². The zero-order valence-electron chi connectivity index (χ0n) is 6.59. The van der Waals surface area contributed by atoms with Gasteiger partial charge in [0.25, 0.3) is 0 Å². The summed E-state index contributed by atoms with van der Waals surface area (Å²) in [6.45, 7) is 5.95. The lowest BCUT2D eigenvalue weighted by atomic mass is 9.83. The Balaban J connectivity index is 0.000000810. The van der Waals surface area contributed by atoms with Crippen molar-refractivity contribution >= 4 is 12.4 Å². The normalized spacial score (nSPS) is 30.9. The summed E-state index contributed by atoms with van der Waals surface area (Å²) in [5.74, 6) is 0. The number of hydrogen-bond acceptors (Lipinski definition) is 2. The Hall–Kier alpha value is 0.210. The predicted molar refractivity (Wildman–Crippen MR) is 44.4 cm³/mol. The van der Waals surface area contributed by atoms with Crippen LogP contribution >= 0.6 is 12.4 Å². The first-order chi connectivity index (χ1) is 4.13. The summed E-state index contributed by atoms with van der Waals surface area (Å²) >= 11 is 0. The van der Waals surface area contributed by atoms with Crippen LogP contribution in [0, 0.1) is 5.41 Å². The van der Waals surface area contributed by atoms with E-state index in [9.17, 15) is 0 Å². The minimum absolute atomic E-state index is 0. The molecule has 0 spiro atoms. The third-order valence-electron chi connectivity index (χ3n) is 2.05. The molecule has 0 bridgehead atoms. The molecule has 0 aromatic carbocycles. The molecule has 1 atom stereocenters. The van der Waals surface area contributed by atoms with Crippen molar-refractivity contribution in [1.82, 2.24) is 0 Å². The molecule has 2 nitrogen and oxygen atoms in total. The monoisotopic (exact) mass is 165 g/mol. The Kier molecular flexibility index (Phi) is 3.63. The second-order valence-corrected chi connectivity index (χ2v) is 3.44. The van der Waals surface area contributed by atoms with Crippen LogP contribution in [0.2, 0.25) is 0 Å². The van der Waals surface area contributed by atoms with E-state index in [4.69, 9.17) is 10.5 Å². The maximum Gasteiger partial charge on any atom is 0.0531 e. The summed E-state index contributed by atoms with van der Waals surface area (Å²) < 4.78 is 5.28. The molecule has 0 unspecified atom stereocenters. The summed E-state index contributed by atoms with van der Waals surface area (Å²) in [6, 6.07) is 0.325. The van der Waals surface area contributed by atoms with Crippen LogP contribution in [0.15, 0.2) is 0 Å². The number of ether oxygens (including phenoxy) is 1. The fourth-order valence-electron chi connectivity index (χ4n) is 1.04. The first kappa shape index (κ1) is 10.2. The lowest BCUT2D eigenvalue weighted by Gasteiger charge is -2.35. The van der Waals surface area contributed by atoms with E-state index in [0.29, 0.717) is 6.04 Å². The van der Waals surface area contributed by atoms with E-state index in [2.05, 4.69) is 13.8 Å². The first-order valence-electron chi connectivity index (χ1n) is 3.46. The fraction of sp³-hybridized carbons (Fsp3) is 1.00. The third kappa shape index (κ3) is 2.11. The van der Waals surface area contributed by atoms with Gasteiger partial charge in [-0.05, 0) is 6.42 Å². The van der Waals surface area contributed by atoms with E-state index in [1.165, 1.54) is 0 Å². The highest BCUT2D eigenvalue weighted by Gasteiger charge is 2.29. The fourth-order valence-corrected chi connectivity index (χ4v) is 1.04. The highest BCUT2D eigenvalue weighted by molar-refractivity contribution is 5.85. The van der Waals surface area contributed by atoms with Crippen molar-refractivity contribution in [3.8, 4) is 0 Å². The predicted octanol–water partition coefficient (Wildman–Crippen LogP) is 1.18. The van der Waals surface area contributed by atoms with Crippen molar-refractivity contribution in [3.63, 3.8) is 0 Å². The number of hydrogen-bond donors (Lipinski definition) is 1. The smallest absolute Gasteiger partial charge is 0.0531 e. The van der Waals surface area contributed by atoms with Crippen LogP contribution in [-0.4, -0.2) is 19.3 Å². The molecular formula is C7H16ClNO. The number of halogens is 1. The van der Waals surface area contributed by atoms with Crippen molar-refractivity contribution in [2.75, 3.05) is 13.2 Å². The van der Waals surface area contributed by atoms with E-state index in [1.54, 1.807) is 0 Å². The van der Waals surface area contributed by atoms with Crippen LogP contribution in [0.4, 0.5) is 0 Å². The Morgan fingerprint density at radius 3 is 2.40 bits per heavy atom. The second kappa shape index (κ2) is 3.56. The van der Waals surface area contributed by atoms with Crippen LogP contribution in [0.5, 0.6) is 0 Å². The van der Waals surface area contributed by atoms with Crippen molar-refractivity contribution < 1.29 is 4.74 Å². The Bertz CT molecular complexity index is 106. The highest BCUT2D eigenvalue weighted by Crippen LogP contribution is 2.25. The average molecular weight is 166 g/mol. The number of nitrogens with two attached hydrogens (primary N) is 1. The summed E-state index contributed by atoms with van der Waals surface area (Å²) in [5, 5.41) is 0. The van der Waals surface area contributed by atoms with Gasteiger partial charge in [0.05, 0.1) is 6.61 Å². The maximum atomic E-state index is 5.83. The maximum absolute atomic E-state index is 5.83. The minimum atomic E-state index is 0. The van der Waals surface area contributed by atoms with Gasteiger partial charge in [-0.1, -0.05) is 13.8 Å². The minimum Gasteiger partial charge on any atom is -0.381 e. The highest BCUT2D eigenvalue weighted by atomic mass is 35.5. The van der Waals surface area contributed by atoms with Gasteiger partial charge in [-0.15, -0.1) is 12.4 Å². The third-order valence-corrected chi connectivity index (χ3v) is 2.05. The van der Waals surface area contributed by atoms with Gasteiger partial charge < -0.3 is 10.5 Å². The molecule has 1 rings (SSSR count). The largest absolute Gasteiger partial charge is 0.381 e. The molecule has 1 aliphatic heterocycles. The van der Waals surface area contributed by atoms with Crippen LogP contribution in [-0.2, 0) is 4.74 Å². The van der Waals surface area contributed by atoms with Crippen LogP contribution in [0.3, 0.4) is 0 Å². The molecular weight excluding hydrogens is 150 g/mol. The quantitative estimate of drug-likeness (QED) is 0.585. The Morgan fingerprint density at radius 1 is 1.50 bits per heavy atom. The molecule has 0 aliphatic carbocycles. The molecule has 0 amide bonds. The van der Waals surface area contributed by atoms with E-state index < -0.39 is 0 Å². The van der Waals surface area contributed by atoms with Gasteiger partial charge in [0, 0.05) is 18.1 Å². The van der Waals surface area contributed by atoms with Gasteiger partial charge in [0.2, 0.25) is 0 Å². The van der Waals surface area contributed by atoms with Gasteiger partial charge >= 0.3 is 0 Å². The molecule has 0 aromatic rings. The van der Waals surface area contributed by atoms with Crippen LogP contribution < -0.4 is 5.73 Å². The zero-order valence-corrected chi connectivity index (χ0v) is 7.41. The van der Waals surface area contributed by atoms with E-state index >= 15 is 0 Å². The van der Waals surface area contributed by atoms with Gasteiger partial charge in [0.15, 0.2) is 0 Å². The van der Waals surface area contributed by atoms with E-state index in [0.717, 1.165) is 19.6 Å². The Morgan fingerprint density at radius 2 is 2.10 bits per heavy atom. The van der Waals surface area contributed by atoms with Crippen LogP contribution in [0.25, 0.3) is 0 Å². The van der Waals surface area contributed by atoms with Crippen molar-refractivity contribution in [1.29, 1.82) is 0 Å². The standard InChI is InChI=1S/C7H15NO.ClH/c1-7(2)5-9-4-3-6(7)8;/h6H,3-5,8H2,1-2H3;1H/t6-;/m0./s1. The van der Waals surface area contributed by atoms with Crippen LogP contribution in [0.1, 0.15) is 20.3 Å². The van der Waals surface area contributed by atoms with Crippen molar-refractivity contribution in [2.24, 2.45) is 11.1 Å². The van der Waals surface area contributed by atoms with Gasteiger partial charge in [-0.3, -0.25) is 0 Å². The lowest BCUT2D eigenvalue weighted by Crippen LogP contribution is -2.45. The zero-order chi connectivity index (χ0) is 6.91. The molecule has 1 saturated heterocycles. The molecule has 1 aliphatic rings. The van der Waals surface area contributed by atoms with E-state index in [1.807, 2.05) is 0 Å². The summed E-state index contributed by atoms with van der Waals surface area (Å²) in [7, 11) is 0. The molecule has 10 heavy (non-hydrogen) atoms. The summed E-state index contributed by atoms with van der Waals surface area (Å²) in [6.07, 6.45) is 1.01. The average Bonchev–Trinajstić information content (AvgIpc) is 1.77. The molecule has 1 heterocycles. The molecule has 3 heteroatoms. The molecule has 0 saturated carbocycles. The lowest BCUT2D eigenvalue weighted by molar-refractivity contribution is -0.00205. The topological polar surface area (TPSA) is 35.2 Å². The Labute approximate surface area is 68.5 Å². The first-order valence-corrected chi connectivity index (χ1v) is 3.46. The number of rotatable bonds is 0. The summed E-state index contributed by atoms with van der Waals surface area (Å²) in [4.78, 5) is 0. The molecule has 62 valence electrons.